The van der Waals surface area contributed by atoms with Gasteiger partial charge in [0.15, 0.2) is 6.61 Å². The predicted molar refractivity (Wildman–Crippen MR) is 104 cm³/mol. The van der Waals surface area contributed by atoms with Crippen molar-refractivity contribution in [1.29, 1.82) is 0 Å². The van der Waals surface area contributed by atoms with E-state index >= 15 is 0 Å². The zero-order valence-electron chi connectivity index (χ0n) is 16.3. The summed E-state index contributed by atoms with van der Waals surface area (Å²) < 4.78 is 23.7. The van der Waals surface area contributed by atoms with Gasteiger partial charge in [-0.2, -0.15) is 0 Å². The van der Waals surface area contributed by atoms with E-state index in [1.807, 2.05) is 31.2 Å². The van der Waals surface area contributed by atoms with Crippen molar-refractivity contribution in [2.45, 2.75) is 25.9 Å². The minimum Gasteiger partial charge on any atom is -0.497 e. The highest BCUT2D eigenvalue weighted by molar-refractivity contribution is 5.88. The highest BCUT2D eigenvalue weighted by Gasteiger charge is 2.28. The largest absolute Gasteiger partial charge is 0.497 e. The predicted octanol–water partition coefficient (Wildman–Crippen LogP) is 2.77. The van der Waals surface area contributed by atoms with E-state index in [9.17, 15) is 14.0 Å². The first kappa shape index (κ1) is 21.2. The molecular formula is C21H25FN2O4. The molecule has 0 spiro atoms. The molecule has 1 atom stereocenters. The number of ether oxygens (including phenoxy) is 2. The van der Waals surface area contributed by atoms with Crippen LogP contribution in [-0.4, -0.2) is 43.5 Å². The van der Waals surface area contributed by atoms with E-state index in [-0.39, 0.29) is 30.8 Å². The smallest absolute Gasteiger partial charge is 0.261 e. The van der Waals surface area contributed by atoms with Gasteiger partial charge in [0.25, 0.3) is 5.91 Å². The molecule has 0 saturated carbocycles. The Balaban J connectivity index is 2.19. The molecule has 0 aliphatic carbocycles. The Morgan fingerprint density at radius 3 is 2.46 bits per heavy atom. The quantitative estimate of drug-likeness (QED) is 0.717. The van der Waals surface area contributed by atoms with Crippen LogP contribution in [0.2, 0.25) is 0 Å². The van der Waals surface area contributed by atoms with E-state index in [2.05, 4.69) is 5.32 Å². The summed E-state index contributed by atoms with van der Waals surface area (Å²) in [5.41, 5.74) is 0.830. The fourth-order valence-corrected chi connectivity index (χ4v) is 2.81. The molecule has 2 aromatic carbocycles. The van der Waals surface area contributed by atoms with E-state index < -0.39 is 6.04 Å². The second-order valence-electron chi connectivity index (χ2n) is 6.15. The first-order valence-corrected chi connectivity index (χ1v) is 9.00. The van der Waals surface area contributed by atoms with Crippen molar-refractivity contribution in [3.05, 3.63) is 59.9 Å². The number of hydrogen-bond donors (Lipinski definition) is 1. The standard InChI is InChI=1S/C21H25FN2O4/c1-4-19(21(26)23-2)24(13-15-6-5-7-18(12-15)27-3)20(25)14-28-17-10-8-16(22)9-11-17/h5-12,19H,4,13-14H2,1-3H3,(H,23,26). The second-order valence-corrected chi connectivity index (χ2v) is 6.15. The number of methoxy groups -OCH3 is 1. The monoisotopic (exact) mass is 388 g/mol. The summed E-state index contributed by atoms with van der Waals surface area (Å²) in [7, 11) is 3.10. The zero-order chi connectivity index (χ0) is 20.5. The number of carbonyl (C=O) groups is 2. The van der Waals surface area contributed by atoms with Gasteiger partial charge >= 0.3 is 0 Å². The summed E-state index contributed by atoms with van der Waals surface area (Å²) in [5.74, 6) is 0.0663. The van der Waals surface area contributed by atoms with Crippen LogP contribution < -0.4 is 14.8 Å². The molecule has 0 aliphatic heterocycles. The van der Waals surface area contributed by atoms with Crippen LogP contribution in [0.1, 0.15) is 18.9 Å². The third kappa shape index (κ3) is 5.70. The summed E-state index contributed by atoms with van der Waals surface area (Å²) >= 11 is 0. The van der Waals surface area contributed by atoms with Gasteiger partial charge in [0.05, 0.1) is 7.11 Å². The molecule has 0 heterocycles. The average Bonchev–Trinajstić information content (AvgIpc) is 2.72. The van der Waals surface area contributed by atoms with Crippen LogP contribution in [-0.2, 0) is 16.1 Å². The van der Waals surface area contributed by atoms with Crippen molar-refractivity contribution in [2.75, 3.05) is 20.8 Å². The number of benzene rings is 2. The van der Waals surface area contributed by atoms with Crippen LogP contribution in [0.3, 0.4) is 0 Å². The van der Waals surface area contributed by atoms with Gasteiger partial charge in [0.2, 0.25) is 5.91 Å². The number of halogens is 1. The van der Waals surface area contributed by atoms with Crippen molar-refractivity contribution >= 4 is 11.8 Å². The molecular weight excluding hydrogens is 363 g/mol. The molecule has 1 unspecified atom stereocenters. The topological polar surface area (TPSA) is 67.9 Å². The summed E-state index contributed by atoms with van der Waals surface area (Å²) in [5, 5.41) is 2.60. The van der Waals surface area contributed by atoms with Gasteiger partial charge in [-0.05, 0) is 48.4 Å². The lowest BCUT2D eigenvalue weighted by molar-refractivity contribution is -0.142. The number of nitrogens with one attached hydrogen (secondary N) is 1. The molecule has 0 bridgehead atoms. The third-order valence-electron chi connectivity index (χ3n) is 4.30. The van der Waals surface area contributed by atoms with Crippen LogP contribution in [0.4, 0.5) is 4.39 Å². The van der Waals surface area contributed by atoms with E-state index in [0.717, 1.165) is 5.56 Å². The maximum absolute atomic E-state index is 13.0. The number of rotatable bonds is 9. The van der Waals surface area contributed by atoms with Gasteiger partial charge in [0.1, 0.15) is 23.4 Å². The van der Waals surface area contributed by atoms with Crippen LogP contribution >= 0.6 is 0 Å². The third-order valence-corrected chi connectivity index (χ3v) is 4.30. The molecule has 0 radical (unpaired) electrons. The molecule has 0 aromatic heterocycles. The highest BCUT2D eigenvalue weighted by atomic mass is 19.1. The molecule has 2 amide bonds. The van der Waals surface area contributed by atoms with Gasteiger partial charge < -0.3 is 19.7 Å². The number of amides is 2. The lowest BCUT2D eigenvalue weighted by Gasteiger charge is -2.30. The fourth-order valence-electron chi connectivity index (χ4n) is 2.81. The number of nitrogens with zero attached hydrogens (tertiary/aromatic N) is 1. The molecule has 0 fully saturated rings. The van der Waals surface area contributed by atoms with Crippen LogP contribution in [0.25, 0.3) is 0 Å². The summed E-state index contributed by atoms with van der Waals surface area (Å²) in [6, 6.07) is 12.1. The second kappa shape index (κ2) is 10.3. The SMILES string of the molecule is CCC(C(=O)NC)N(Cc1cccc(OC)c1)C(=O)COc1ccc(F)cc1. The molecule has 6 nitrogen and oxygen atoms in total. The summed E-state index contributed by atoms with van der Waals surface area (Å²) in [6.07, 6.45) is 0.450. The first-order chi connectivity index (χ1) is 13.5. The normalized spacial score (nSPS) is 11.4. The molecule has 2 rings (SSSR count). The Hall–Kier alpha value is -3.09. The van der Waals surface area contributed by atoms with E-state index in [4.69, 9.17) is 9.47 Å². The maximum atomic E-state index is 13.0. The fraction of sp³-hybridized carbons (Fsp3) is 0.333. The van der Waals surface area contributed by atoms with Crippen molar-refractivity contribution in [3.8, 4) is 11.5 Å². The van der Waals surface area contributed by atoms with Gasteiger partial charge in [-0.15, -0.1) is 0 Å². The maximum Gasteiger partial charge on any atom is 0.261 e. The van der Waals surface area contributed by atoms with Crippen molar-refractivity contribution in [3.63, 3.8) is 0 Å². The van der Waals surface area contributed by atoms with Gasteiger partial charge in [-0.3, -0.25) is 9.59 Å². The van der Waals surface area contributed by atoms with Crippen molar-refractivity contribution in [2.24, 2.45) is 0 Å². The van der Waals surface area contributed by atoms with Crippen molar-refractivity contribution in [1.82, 2.24) is 10.2 Å². The van der Waals surface area contributed by atoms with Gasteiger partial charge in [-0.25, -0.2) is 4.39 Å². The molecule has 0 aliphatic rings. The molecule has 28 heavy (non-hydrogen) atoms. The minimum atomic E-state index is -0.638. The number of carbonyl (C=O) groups excluding carboxylic acids is 2. The van der Waals surface area contributed by atoms with Crippen molar-refractivity contribution < 1.29 is 23.5 Å². The lowest BCUT2D eigenvalue weighted by Crippen LogP contribution is -2.49. The number of likely N-dealkylation sites (N-methyl/N-ethyl adjacent to an activating group) is 1. The molecule has 0 saturated heterocycles. The Morgan fingerprint density at radius 1 is 1.14 bits per heavy atom. The Bertz CT molecular complexity index is 795. The molecule has 2 aromatic rings. The molecule has 150 valence electrons. The van der Waals surface area contributed by atoms with Gasteiger partial charge in [-0.1, -0.05) is 19.1 Å². The lowest BCUT2D eigenvalue weighted by atomic mass is 10.1. The summed E-state index contributed by atoms with van der Waals surface area (Å²) in [4.78, 5) is 26.7. The van der Waals surface area contributed by atoms with Crippen LogP contribution in [0.15, 0.2) is 48.5 Å². The summed E-state index contributed by atoms with van der Waals surface area (Å²) in [6.45, 7) is 1.81. The molecule has 7 heteroatoms. The van der Waals surface area contributed by atoms with E-state index in [1.165, 1.54) is 36.2 Å². The molecule has 1 N–H and O–H groups in total. The van der Waals surface area contributed by atoms with E-state index in [1.54, 1.807) is 7.11 Å². The zero-order valence-corrected chi connectivity index (χ0v) is 16.3. The van der Waals surface area contributed by atoms with Gasteiger partial charge in [0, 0.05) is 13.6 Å². The van der Waals surface area contributed by atoms with Crippen LogP contribution in [0.5, 0.6) is 11.5 Å². The Morgan fingerprint density at radius 2 is 1.86 bits per heavy atom. The Labute approximate surface area is 164 Å². The highest BCUT2D eigenvalue weighted by Crippen LogP contribution is 2.18. The Kier molecular flexibility index (Phi) is 7.80. The average molecular weight is 388 g/mol. The first-order valence-electron chi connectivity index (χ1n) is 9.00. The van der Waals surface area contributed by atoms with E-state index in [0.29, 0.717) is 17.9 Å². The minimum absolute atomic E-state index is 0.231. The number of hydrogen-bond acceptors (Lipinski definition) is 4. The van der Waals surface area contributed by atoms with Crippen LogP contribution in [0, 0.1) is 5.82 Å².